The van der Waals surface area contributed by atoms with Crippen LogP contribution in [0.25, 0.3) is 5.69 Å². The maximum absolute atomic E-state index is 4.65. The molecule has 0 N–H and O–H groups in total. The van der Waals surface area contributed by atoms with Gasteiger partial charge in [0.05, 0.1) is 11.4 Å². The topological polar surface area (TPSA) is 17.8 Å². The predicted octanol–water partition coefficient (Wildman–Crippen LogP) is 3.92. The Morgan fingerprint density at radius 3 is 2.12 bits per heavy atom. The van der Waals surface area contributed by atoms with Crippen molar-refractivity contribution >= 4 is 0 Å². The summed E-state index contributed by atoms with van der Waals surface area (Å²) in [4.78, 5) is 0. The summed E-state index contributed by atoms with van der Waals surface area (Å²) in [6.07, 6.45) is 2.06. The van der Waals surface area contributed by atoms with Crippen molar-refractivity contribution in [1.29, 1.82) is 0 Å². The molecule has 0 aliphatic carbocycles. The molecule has 0 radical (unpaired) electrons. The molecular weight excluding hydrogens is 208 g/mol. The maximum Gasteiger partial charge on any atom is 0.0704 e. The number of nitrogens with zero attached hydrogens (tertiary/aromatic N) is 2. The lowest BCUT2D eigenvalue weighted by Gasteiger charge is -2.11. The van der Waals surface area contributed by atoms with Crippen LogP contribution >= 0.6 is 0 Å². The molecule has 0 saturated heterocycles. The Balaban J connectivity index is 2.52. The van der Waals surface area contributed by atoms with Crippen LogP contribution in [0.2, 0.25) is 0 Å². The van der Waals surface area contributed by atoms with Gasteiger partial charge in [0.15, 0.2) is 0 Å². The van der Waals surface area contributed by atoms with Crippen LogP contribution in [0.1, 0.15) is 42.1 Å². The zero-order valence-electron chi connectivity index (χ0n) is 11.3. The minimum atomic E-state index is 0.474. The SMILES string of the molecule is Cc1cc(C)c(-n2ccc(C(C)C)n2)c(C)c1. The molecule has 1 aromatic carbocycles. The Labute approximate surface area is 103 Å². The van der Waals surface area contributed by atoms with Crippen molar-refractivity contribution in [1.82, 2.24) is 9.78 Å². The number of rotatable bonds is 2. The molecule has 17 heavy (non-hydrogen) atoms. The Morgan fingerprint density at radius 2 is 1.65 bits per heavy atom. The highest BCUT2D eigenvalue weighted by Gasteiger charge is 2.09. The Kier molecular flexibility index (Phi) is 3.05. The molecule has 0 unspecified atom stereocenters. The molecule has 0 bridgehead atoms. The van der Waals surface area contributed by atoms with Crippen molar-refractivity contribution in [2.24, 2.45) is 0 Å². The van der Waals surface area contributed by atoms with E-state index in [2.05, 4.69) is 64.1 Å². The van der Waals surface area contributed by atoms with Crippen molar-refractivity contribution in [3.8, 4) is 5.69 Å². The van der Waals surface area contributed by atoms with Gasteiger partial charge in [0, 0.05) is 6.20 Å². The number of aromatic nitrogens is 2. The first-order chi connectivity index (χ1) is 7.99. The largest absolute Gasteiger partial charge is 0.240 e. The van der Waals surface area contributed by atoms with E-state index in [1.807, 2.05) is 4.68 Å². The quantitative estimate of drug-likeness (QED) is 0.761. The summed E-state index contributed by atoms with van der Waals surface area (Å²) >= 11 is 0. The van der Waals surface area contributed by atoms with Gasteiger partial charge in [-0.1, -0.05) is 31.5 Å². The molecule has 0 amide bonds. The van der Waals surface area contributed by atoms with Crippen LogP contribution in [-0.4, -0.2) is 9.78 Å². The van der Waals surface area contributed by atoms with Gasteiger partial charge in [0.2, 0.25) is 0 Å². The van der Waals surface area contributed by atoms with Gasteiger partial charge in [-0.2, -0.15) is 5.10 Å². The van der Waals surface area contributed by atoms with E-state index in [0.29, 0.717) is 5.92 Å². The highest BCUT2D eigenvalue weighted by atomic mass is 15.3. The molecule has 1 heterocycles. The summed E-state index contributed by atoms with van der Waals surface area (Å²) in [6, 6.07) is 6.52. The summed E-state index contributed by atoms with van der Waals surface area (Å²) < 4.78 is 2.00. The zero-order valence-corrected chi connectivity index (χ0v) is 11.3. The fourth-order valence-corrected chi connectivity index (χ4v) is 2.30. The molecule has 0 fully saturated rings. The second kappa shape index (κ2) is 4.36. The number of benzene rings is 1. The van der Waals surface area contributed by atoms with E-state index < -0.39 is 0 Å². The van der Waals surface area contributed by atoms with Crippen LogP contribution in [-0.2, 0) is 0 Å². The first-order valence-corrected chi connectivity index (χ1v) is 6.13. The standard InChI is InChI=1S/C15H20N2/c1-10(2)14-6-7-17(16-14)15-12(4)8-11(3)9-13(15)5/h6-10H,1-5H3. The van der Waals surface area contributed by atoms with Crippen molar-refractivity contribution in [2.45, 2.75) is 40.5 Å². The fourth-order valence-electron chi connectivity index (χ4n) is 2.30. The number of aryl methyl sites for hydroxylation is 3. The average Bonchev–Trinajstić information content (AvgIpc) is 2.65. The third-order valence-corrected chi connectivity index (χ3v) is 3.07. The molecule has 2 nitrogen and oxygen atoms in total. The van der Waals surface area contributed by atoms with E-state index >= 15 is 0 Å². The van der Waals surface area contributed by atoms with Crippen molar-refractivity contribution in [3.63, 3.8) is 0 Å². The normalized spacial score (nSPS) is 11.2. The minimum Gasteiger partial charge on any atom is -0.240 e. The van der Waals surface area contributed by atoms with E-state index in [9.17, 15) is 0 Å². The molecule has 0 atom stereocenters. The summed E-state index contributed by atoms with van der Waals surface area (Å²) in [7, 11) is 0. The van der Waals surface area contributed by atoms with Crippen molar-refractivity contribution in [2.75, 3.05) is 0 Å². The van der Waals surface area contributed by atoms with Gasteiger partial charge in [0.1, 0.15) is 0 Å². The molecule has 0 aliphatic rings. The lowest BCUT2D eigenvalue weighted by atomic mass is 10.1. The van der Waals surface area contributed by atoms with Gasteiger partial charge in [0.25, 0.3) is 0 Å². The molecule has 0 saturated carbocycles. The van der Waals surface area contributed by atoms with Crippen LogP contribution in [0.3, 0.4) is 0 Å². The molecular formula is C15H20N2. The van der Waals surface area contributed by atoms with Crippen LogP contribution in [0.4, 0.5) is 0 Å². The first-order valence-electron chi connectivity index (χ1n) is 6.13. The number of hydrogen-bond acceptors (Lipinski definition) is 1. The summed E-state index contributed by atoms with van der Waals surface area (Å²) in [6.45, 7) is 10.8. The van der Waals surface area contributed by atoms with Gasteiger partial charge >= 0.3 is 0 Å². The van der Waals surface area contributed by atoms with E-state index in [-0.39, 0.29) is 0 Å². The molecule has 2 heteroatoms. The van der Waals surface area contributed by atoms with Crippen LogP contribution in [0.5, 0.6) is 0 Å². The fraction of sp³-hybridized carbons (Fsp3) is 0.400. The molecule has 90 valence electrons. The lowest BCUT2D eigenvalue weighted by molar-refractivity contribution is 0.764. The third kappa shape index (κ3) is 2.26. The highest BCUT2D eigenvalue weighted by molar-refractivity contribution is 5.48. The zero-order chi connectivity index (χ0) is 12.6. The third-order valence-electron chi connectivity index (χ3n) is 3.07. The van der Waals surface area contributed by atoms with Crippen LogP contribution in [0.15, 0.2) is 24.4 Å². The van der Waals surface area contributed by atoms with Gasteiger partial charge < -0.3 is 0 Å². The van der Waals surface area contributed by atoms with Gasteiger partial charge in [-0.05, 0) is 43.9 Å². The summed E-state index contributed by atoms with van der Waals surface area (Å²) in [5.41, 5.74) is 6.22. The monoisotopic (exact) mass is 228 g/mol. The van der Waals surface area contributed by atoms with Gasteiger partial charge in [-0.25, -0.2) is 4.68 Å². The molecule has 2 rings (SSSR count). The van der Waals surface area contributed by atoms with Crippen molar-refractivity contribution < 1.29 is 0 Å². The van der Waals surface area contributed by atoms with E-state index in [0.717, 1.165) is 5.69 Å². The number of hydrogen-bond donors (Lipinski definition) is 0. The Morgan fingerprint density at radius 1 is 1.06 bits per heavy atom. The van der Waals surface area contributed by atoms with E-state index in [4.69, 9.17) is 0 Å². The lowest BCUT2D eigenvalue weighted by Crippen LogP contribution is -2.02. The molecule has 1 aromatic heterocycles. The van der Waals surface area contributed by atoms with Crippen LogP contribution < -0.4 is 0 Å². The highest BCUT2D eigenvalue weighted by Crippen LogP contribution is 2.21. The second-order valence-electron chi connectivity index (χ2n) is 5.09. The first kappa shape index (κ1) is 11.9. The summed E-state index contributed by atoms with van der Waals surface area (Å²) in [5.74, 6) is 0.474. The molecule has 2 aromatic rings. The maximum atomic E-state index is 4.65. The van der Waals surface area contributed by atoms with E-state index in [1.54, 1.807) is 0 Å². The van der Waals surface area contributed by atoms with Crippen LogP contribution in [0, 0.1) is 20.8 Å². The predicted molar refractivity (Wildman–Crippen MR) is 71.9 cm³/mol. The Bertz CT molecular complexity index is 513. The molecule has 0 spiro atoms. The molecule has 0 aliphatic heterocycles. The van der Waals surface area contributed by atoms with Gasteiger partial charge in [-0.3, -0.25) is 0 Å². The second-order valence-corrected chi connectivity index (χ2v) is 5.09. The van der Waals surface area contributed by atoms with Crippen molar-refractivity contribution in [3.05, 3.63) is 46.8 Å². The average molecular weight is 228 g/mol. The minimum absolute atomic E-state index is 0.474. The summed E-state index contributed by atoms with van der Waals surface area (Å²) in [5, 5.41) is 4.65. The smallest absolute Gasteiger partial charge is 0.0704 e. The Hall–Kier alpha value is -1.57. The van der Waals surface area contributed by atoms with E-state index in [1.165, 1.54) is 22.4 Å². The van der Waals surface area contributed by atoms with Gasteiger partial charge in [-0.15, -0.1) is 0 Å².